The van der Waals surface area contributed by atoms with E-state index in [-0.39, 0.29) is 5.91 Å². The molecule has 1 aliphatic rings. The normalized spacial score (nSPS) is 17.8. The highest BCUT2D eigenvalue weighted by Gasteiger charge is 2.37. The van der Waals surface area contributed by atoms with Gasteiger partial charge in [-0.3, -0.25) is 4.79 Å². The lowest BCUT2D eigenvalue weighted by Gasteiger charge is -2.35. The zero-order chi connectivity index (χ0) is 14.8. The van der Waals surface area contributed by atoms with Crippen molar-refractivity contribution in [3.8, 4) is 0 Å². The number of hydrogen-bond donors (Lipinski definition) is 1. The van der Waals surface area contributed by atoms with Gasteiger partial charge in [0.2, 0.25) is 5.91 Å². The number of carbonyl (C=O) groups is 1. The van der Waals surface area contributed by atoms with Crippen molar-refractivity contribution in [2.24, 2.45) is 5.73 Å². The minimum absolute atomic E-state index is 0.00768. The smallest absolute Gasteiger partial charge is 0.242 e. The predicted molar refractivity (Wildman–Crippen MR) is 82.9 cm³/mol. The molecule has 110 valence electrons. The minimum atomic E-state index is -0.699. The van der Waals surface area contributed by atoms with Gasteiger partial charge in [-0.1, -0.05) is 42.5 Å². The summed E-state index contributed by atoms with van der Waals surface area (Å²) in [5.41, 5.74) is 6.49. The van der Waals surface area contributed by atoms with E-state index in [0.717, 1.165) is 31.2 Å². The van der Waals surface area contributed by atoms with Crippen LogP contribution in [0.5, 0.6) is 0 Å². The lowest BCUT2D eigenvalue weighted by atomic mass is 9.81. The Bertz CT molecular complexity index is 478. The molecule has 20 heavy (non-hydrogen) atoms. The van der Waals surface area contributed by atoms with Crippen LogP contribution in [-0.4, -0.2) is 23.4 Å². The lowest BCUT2D eigenvalue weighted by molar-refractivity contribution is -0.137. The number of nitrogens with zero attached hydrogens (tertiary/aromatic N) is 1. The highest BCUT2D eigenvalue weighted by Crippen LogP contribution is 2.28. The predicted octanol–water partition coefficient (Wildman–Crippen LogP) is 3.61. The van der Waals surface area contributed by atoms with Crippen molar-refractivity contribution in [1.29, 1.82) is 0 Å². The summed E-state index contributed by atoms with van der Waals surface area (Å²) in [5, 5.41) is 1.15. The summed E-state index contributed by atoms with van der Waals surface area (Å²) in [6.07, 6.45) is 4.76. The first-order valence-electron chi connectivity index (χ1n) is 6.90. The molecule has 2 rings (SSSR count). The molecule has 1 amide bonds. The van der Waals surface area contributed by atoms with Gasteiger partial charge in [0, 0.05) is 23.6 Å². The third-order valence-electron chi connectivity index (χ3n) is 3.86. The number of benzene rings is 1. The fraction of sp³-hybridized carbons (Fsp3) is 0.533. The molecular formula is C15H20Cl2N2O. The van der Waals surface area contributed by atoms with Crippen molar-refractivity contribution in [3.05, 3.63) is 33.8 Å². The number of rotatable bonds is 3. The molecule has 0 heterocycles. The third kappa shape index (κ3) is 3.66. The van der Waals surface area contributed by atoms with Gasteiger partial charge in [0.1, 0.15) is 0 Å². The second-order valence-electron chi connectivity index (χ2n) is 5.66. The van der Waals surface area contributed by atoms with Gasteiger partial charge in [-0.15, -0.1) is 0 Å². The van der Waals surface area contributed by atoms with Crippen molar-refractivity contribution in [3.63, 3.8) is 0 Å². The van der Waals surface area contributed by atoms with Gasteiger partial charge in [-0.2, -0.15) is 0 Å². The SMILES string of the molecule is CN(Cc1cc(Cl)cc(Cl)c1)C(=O)C1(N)CCCCC1. The Kier molecular flexibility index (Phi) is 4.95. The number of hydrogen-bond acceptors (Lipinski definition) is 2. The van der Waals surface area contributed by atoms with E-state index in [0.29, 0.717) is 16.6 Å². The van der Waals surface area contributed by atoms with E-state index in [4.69, 9.17) is 28.9 Å². The standard InChI is InChI=1S/C15H20Cl2N2O/c1-19(10-11-7-12(16)9-13(17)8-11)14(20)15(18)5-3-2-4-6-15/h7-9H,2-6,10,18H2,1H3. The third-order valence-corrected chi connectivity index (χ3v) is 4.30. The van der Waals surface area contributed by atoms with Crippen LogP contribution in [0.25, 0.3) is 0 Å². The summed E-state index contributed by atoms with van der Waals surface area (Å²) < 4.78 is 0. The number of halogens is 2. The van der Waals surface area contributed by atoms with Gasteiger partial charge >= 0.3 is 0 Å². The van der Waals surface area contributed by atoms with E-state index >= 15 is 0 Å². The van der Waals surface area contributed by atoms with E-state index in [1.54, 1.807) is 18.0 Å². The average Bonchev–Trinajstić information content (AvgIpc) is 2.37. The average molecular weight is 315 g/mol. The minimum Gasteiger partial charge on any atom is -0.340 e. The van der Waals surface area contributed by atoms with Crippen molar-refractivity contribution < 1.29 is 4.79 Å². The van der Waals surface area contributed by atoms with Crippen molar-refractivity contribution in [1.82, 2.24) is 4.90 Å². The summed E-state index contributed by atoms with van der Waals surface area (Å²) in [7, 11) is 1.78. The number of amides is 1. The van der Waals surface area contributed by atoms with Crippen LogP contribution in [0.2, 0.25) is 10.0 Å². The summed E-state index contributed by atoms with van der Waals surface area (Å²) in [5.74, 6) is 0.00768. The Morgan fingerprint density at radius 1 is 1.20 bits per heavy atom. The molecule has 5 heteroatoms. The first-order chi connectivity index (χ1) is 9.40. The molecule has 0 atom stereocenters. The molecule has 0 spiro atoms. The zero-order valence-corrected chi connectivity index (χ0v) is 13.2. The van der Waals surface area contributed by atoms with E-state index in [1.807, 2.05) is 12.1 Å². The molecule has 1 aliphatic carbocycles. The van der Waals surface area contributed by atoms with E-state index < -0.39 is 5.54 Å². The first-order valence-corrected chi connectivity index (χ1v) is 7.66. The van der Waals surface area contributed by atoms with Crippen LogP contribution < -0.4 is 5.73 Å². The highest BCUT2D eigenvalue weighted by molar-refractivity contribution is 6.34. The maximum Gasteiger partial charge on any atom is 0.242 e. The second-order valence-corrected chi connectivity index (χ2v) is 6.53. The maximum absolute atomic E-state index is 12.5. The summed E-state index contributed by atoms with van der Waals surface area (Å²) in [6, 6.07) is 5.32. The number of likely N-dealkylation sites (N-methyl/N-ethyl adjacent to an activating group) is 1. The van der Waals surface area contributed by atoms with Gasteiger partial charge in [-0.05, 0) is 36.6 Å². The Hall–Kier alpha value is -0.770. The fourth-order valence-electron chi connectivity index (χ4n) is 2.82. The summed E-state index contributed by atoms with van der Waals surface area (Å²) >= 11 is 12.0. The van der Waals surface area contributed by atoms with Crippen LogP contribution in [0.15, 0.2) is 18.2 Å². The Labute approximate surface area is 130 Å². The lowest BCUT2D eigenvalue weighted by Crippen LogP contribution is -2.55. The summed E-state index contributed by atoms with van der Waals surface area (Å²) in [4.78, 5) is 14.2. The van der Waals surface area contributed by atoms with Crippen LogP contribution in [-0.2, 0) is 11.3 Å². The molecule has 0 unspecified atom stereocenters. The monoisotopic (exact) mass is 314 g/mol. The largest absolute Gasteiger partial charge is 0.340 e. The van der Waals surface area contributed by atoms with Gasteiger partial charge in [0.15, 0.2) is 0 Å². The zero-order valence-electron chi connectivity index (χ0n) is 11.7. The Morgan fingerprint density at radius 2 is 1.75 bits per heavy atom. The topological polar surface area (TPSA) is 46.3 Å². The van der Waals surface area contributed by atoms with Gasteiger partial charge in [0.25, 0.3) is 0 Å². The Morgan fingerprint density at radius 3 is 2.30 bits per heavy atom. The molecular weight excluding hydrogens is 295 g/mol. The van der Waals surface area contributed by atoms with E-state index in [2.05, 4.69) is 0 Å². The van der Waals surface area contributed by atoms with Crippen LogP contribution >= 0.6 is 23.2 Å². The molecule has 0 bridgehead atoms. The fourth-order valence-corrected chi connectivity index (χ4v) is 3.40. The first kappa shape index (κ1) is 15.6. The van der Waals surface area contributed by atoms with Crippen LogP contribution in [0.3, 0.4) is 0 Å². The van der Waals surface area contributed by atoms with E-state index in [1.165, 1.54) is 6.42 Å². The van der Waals surface area contributed by atoms with Crippen molar-refractivity contribution in [2.45, 2.75) is 44.2 Å². The molecule has 1 aromatic carbocycles. The van der Waals surface area contributed by atoms with Crippen molar-refractivity contribution in [2.75, 3.05) is 7.05 Å². The van der Waals surface area contributed by atoms with Gasteiger partial charge in [-0.25, -0.2) is 0 Å². The molecule has 0 radical (unpaired) electrons. The van der Waals surface area contributed by atoms with Crippen LogP contribution in [0.4, 0.5) is 0 Å². The van der Waals surface area contributed by atoms with Gasteiger partial charge in [0.05, 0.1) is 5.54 Å². The van der Waals surface area contributed by atoms with Gasteiger partial charge < -0.3 is 10.6 Å². The molecule has 2 N–H and O–H groups in total. The quantitative estimate of drug-likeness (QED) is 0.926. The molecule has 3 nitrogen and oxygen atoms in total. The number of carbonyl (C=O) groups excluding carboxylic acids is 1. The molecule has 0 aromatic heterocycles. The maximum atomic E-state index is 12.5. The summed E-state index contributed by atoms with van der Waals surface area (Å²) in [6.45, 7) is 0.470. The molecule has 1 saturated carbocycles. The van der Waals surface area contributed by atoms with Crippen LogP contribution in [0, 0.1) is 0 Å². The van der Waals surface area contributed by atoms with Crippen molar-refractivity contribution >= 4 is 29.1 Å². The van der Waals surface area contributed by atoms with E-state index in [9.17, 15) is 4.79 Å². The Balaban J connectivity index is 2.07. The van der Waals surface area contributed by atoms with Crippen LogP contribution in [0.1, 0.15) is 37.7 Å². The molecule has 0 aliphatic heterocycles. The highest BCUT2D eigenvalue weighted by atomic mass is 35.5. The molecule has 1 fully saturated rings. The molecule has 0 saturated heterocycles. The molecule has 1 aromatic rings. The number of nitrogens with two attached hydrogens (primary N) is 1. The second kappa shape index (κ2) is 6.33.